The molecule has 1 fully saturated rings. The molecule has 3 heteroatoms. The summed E-state index contributed by atoms with van der Waals surface area (Å²) in [4.78, 5) is 7.05. The average molecular weight is 233 g/mol. The fourth-order valence-corrected chi connectivity index (χ4v) is 2.55. The molecule has 1 saturated heterocycles. The van der Waals surface area contributed by atoms with E-state index < -0.39 is 0 Å². The first-order valence-electron chi connectivity index (χ1n) is 6.50. The molecule has 1 aliphatic rings. The second-order valence-electron chi connectivity index (χ2n) is 5.29. The number of rotatable bonds is 4. The van der Waals surface area contributed by atoms with Crippen molar-refractivity contribution in [2.75, 3.05) is 20.1 Å². The third kappa shape index (κ3) is 3.05. The van der Waals surface area contributed by atoms with Crippen LogP contribution in [0.4, 0.5) is 0 Å². The van der Waals surface area contributed by atoms with Gasteiger partial charge in [0.05, 0.1) is 5.69 Å². The van der Waals surface area contributed by atoms with Crippen molar-refractivity contribution in [2.45, 2.75) is 26.9 Å². The molecule has 2 heterocycles. The molecule has 0 saturated carbocycles. The lowest BCUT2D eigenvalue weighted by Gasteiger charge is -2.17. The van der Waals surface area contributed by atoms with Gasteiger partial charge in [-0.25, -0.2) is 0 Å². The number of pyridine rings is 1. The van der Waals surface area contributed by atoms with Gasteiger partial charge in [-0.1, -0.05) is 19.9 Å². The van der Waals surface area contributed by atoms with E-state index in [4.69, 9.17) is 0 Å². The summed E-state index contributed by atoms with van der Waals surface area (Å²) in [5.74, 6) is 1.62. The highest BCUT2D eigenvalue weighted by molar-refractivity contribution is 5.19. The van der Waals surface area contributed by atoms with Gasteiger partial charge in [-0.15, -0.1) is 0 Å². The largest absolute Gasteiger partial charge is 0.316 e. The van der Waals surface area contributed by atoms with Crippen LogP contribution in [-0.2, 0) is 13.1 Å². The molecule has 0 bridgehead atoms. The minimum Gasteiger partial charge on any atom is -0.316 e. The maximum Gasteiger partial charge on any atom is 0.0588 e. The monoisotopic (exact) mass is 233 g/mol. The van der Waals surface area contributed by atoms with Gasteiger partial charge in [-0.2, -0.15) is 0 Å². The van der Waals surface area contributed by atoms with E-state index >= 15 is 0 Å². The predicted octanol–water partition coefficient (Wildman–Crippen LogP) is 1.89. The highest BCUT2D eigenvalue weighted by atomic mass is 15.2. The Labute approximate surface area is 104 Å². The molecule has 0 aromatic carbocycles. The van der Waals surface area contributed by atoms with E-state index in [0.717, 1.165) is 24.9 Å². The summed E-state index contributed by atoms with van der Waals surface area (Å²) in [5.41, 5.74) is 2.55. The molecule has 2 unspecified atom stereocenters. The van der Waals surface area contributed by atoms with E-state index in [1.807, 2.05) is 19.3 Å². The Morgan fingerprint density at radius 2 is 2.06 bits per heavy atom. The van der Waals surface area contributed by atoms with Crippen molar-refractivity contribution >= 4 is 0 Å². The van der Waals surface area contributed by atoms with Crippen LogP contribution in [0.2, 0.25) is 0 Å². The van der Waals surface area contributed by atoms with E-state index in [9.17, 15) is 0 Å². The maximum absolute atomic E-state index is 4.53. The zero-order valence-corrected chi connectivity index (χ0v) is 11.1. The Kier molecular flexibility index (Phi) is 4.13. The molecule has 1 N–H and O–H groups in total. The Hall–Kier alpha value is -0.930. The Balaban J connectivity index is 2.03. The summed E-state index contributed by atoms with van der Waals surface area (Å²) in [6.07, 6.45) is 1.90. The van der Waals surface area contributed by atoms with E-state index in [2.05, 4.69) is 35.1 Å². The second-order valence-corrected chi connectivity index (χ2v) is 5.29. The van der Waals surface area contributed by atoms with E-state index in [-0.39, 0.29) is 0 Å². The van der Waals surface area contributed by atoms with Crippen LogP contribution in [0.15, 0.2) is 18.3 Å². The first-order chi connectivity index (χ1) is 8.20. The molecule has 0 radical (unpaired) electrons. The summed E-state index contributed by atoms with van der Waals surface area (Å²) in [6, 6.07) is 4.19. The first-order valence-corrected chi connectivity index (χ1v) is 6.50. The standard InChI is InChI=1S/C14H23N3/c1-11-8-17(9-12(11)2)10-14-13(7-15-3)5-4-6-16-14/h4-6,11-12,15H,7-10H2,1-3H3. The fraction of sp³-hybridized carbons (Fsp3) is 0.643. The topological polar surface area (TPSA) is 28.2 Å². The van der Waals surface area contributed by atoms with Crippen LogP contribution < -0.4 is 5.32 Å². The van der Waals surface area contributed by atoms with Crippen LogP contribution in [0, 0.1) is 11.8 Å². The van der Waals surface area contributed by atoms with Crippen LogP contribution in [0.5, 0.6) is 0 Å². The molecule has 0 aliphatic carbocycles. The Bertz CT molecular complexity index is 354. The molecule has 1 aromatic rings. The number of likely N-dealkylation sites (tertiary alicyclic amines) is 1. The van der Waals surface area contributed by atoms with Crippen LogP contribution >= 0.6 is 0 Å². The van der Waals surface area contributed by atoms with Gasteiger partial charge < -0.3 is 5.32 Å². The molecule has 0 spiro atoms. The lowest BCUT2D eigenvalue weighted by Crippen LogP contribution is -2.22. The molecule has 3 nitrogen and oxygen atoms in total. The van der Waals surface area contributed by atoms with Gasteiger partial charge in [0.1, 0.15) is 0 Å². The summed E-state index contributed by atoms with van der Waals surface area (Å²) in [5, 5.41) is 3.21. The third-order valence-corrected chi connectivity index (χ3v) is 3.79. The summed E-state index contributed by atoms with van der Waals surface area (Å²) < 4.78 is 0. The quantitative estimate of drug-likeness (QED) is 0.861. The molecule has 2 rings (SSSR count). The molecule has 1 aliphatic heterocycles. The van der Waals surface area contributed by atoms with Crippen molar-refractivity contribution in [2.24, 2.45) is 11.8 Å². The van der Waals surface area contributed by atoms with Crippen LogP contribution in [0.25, 0.3) is 0 Å². The summed E-state index contributed by atoms with van der Waals surface area (Å²) in [6.45, 7) is 9.00. The molecule has 17 heavy (non-hydrogen) atoms. The minimum absolute atomic E-state index is 0.812. The second kappa shape index (κ2) is 5.61. The number of hydrogen-bond acceptors (Lipinski definition) is 3. The smallest absolute Gasteiger partial charge is 0.0588 e. The Morgan fingerprint density at radius 1 is 1.35 bits per heavy atom. The van der Waals surface area contributed by atoms with Crippen molar-refractivity contribution in [1.82, 2.24) is 15.2 Å². The molecular formula is C14H23N3. The summed E-state index contributed by atoms with van der Waals surface area (Å²) >= 11 is 0. The summed E-state index contributed by atoms with van der Waals surface area (Å²) in [7, 11) is 1.98. The maximum atomic E-state index is 4.53. The van der Waals surface area contributed by atoms with Gasteiger partial charge in [0.25, 0.3) is 0 Å². The van der Waals surface area contributed by atoms with E-state index in [1.165, 1.54) is 24.3 Å². The zero-order chi connectivity index (χ0) is 12.3. The molecule has 1 aromatic heterocycles. The number of nitrogens with zero attached hydrogens (tertiary/aromatic N) is 2. The number of hydrogen-bond donors (Lipinski definition) is 1. The van der Waals surface area contributed by atoms with Gasteiger partial charge in [0.15, 0.2) is 0 Å². The highest BCUT2D eigenvalue weighted by Crippen LogP contribution is 2.23. The molecule has 2 atom stereocenters. The van der Waals surface area contributed by atoms with Gasteiger partial charge >= 0.3 is 0 Å². The van der Waals surface area contributed by atoms with Gasteiger partial charge in [-0.05, 0) is 30.5 Å². The highest BCUT2D eigenvalue weighted by Gasteiger charge is 2.26. The minimum atomic E-state index is 0.812. The molecular weight excluding hydrogens is 210 g/mol. The van der Waals surface area contributed by atoms with Gasteiger partial charge in [-0.3, -0.25) is 9.88 Å². The predicted molar refractivity (Wildman–Crippen MR) is 70.6 cm³/mol. The van der Waals surface area contributed by atoms with Crippen molar-refractivity contribution in [3.8, 4) is 0 Å². The SMILES string of the molecule is CNCc1cccnc1CN1CC(C)C(C)C1. The molecule has 0 amide bonds. The van der Waals surface area contributed by atoms with Crippen molar-refractivity contribution in [3.05, 3.63) is 29.6 Å². The fourth-order valence-electron chi connectivity index (χ4n) is 2.55. The zero-order valence-electron chi connectivity index (χ0n) is 11.1. The van der Waals surface area contributed by atoms with E-state index in [1.54, 1.807) is 0 Å². The average Bonchev–Trinajstić information content (AvgIpc) is 2.61. The number of aromatic nitrogens is 1. The lowest BCUT2D eigenvalue weighted by atomic mass is 10.0. The van der Waals surface area contributed by atoms with Gasteiger partial charge in [0, 0.05) is 32.4 Å². The van der Waals surface area contributed by atoms with Crippen molar-refractivity contribution in [3.63, 3.8) is 0 Å². The van der Waals surface area contributed by atoms with Crippen molar-refractivity contribution < 1.29 is 0 Å². The van der Waals surface area contributed by atoms with E-state index in [0.29, 0.717) is 0 Å². The van der Waals surface area contributed by atoms with Crippen molar-refractivity contribution in [1.29, 1.82) is 0 Å². The number of nitrogens with one attached hydrogen (secondary N) is 1. The third-order valence-electron chi connectivity index (χ3n) is 3.79. The van der Waals surface area contributed by atoms with Gasteiger partial charge in [0.2, 0.25) is 0 Å². The lowest BCUT2D eigenvalue weighted by molar-refractivity contribution is 0.311. The molecule has 94 valence electrons. The first kappa shape index (κ1) is 12.5. The Morgan fingerprint density at radius 3 is 2.71 bits per heavy atom. The van der Waals surface area contributed by atoms with Crippen LogP contribution in [0.3, 0.4) is 0 Å². The normalized spacial score (nSPS) is 25.4. The van der Waals surface area contributed by atoms with Crippen LogP contribution in [0.1, 0.15) is 25.1 Å². The van der Waals surface area contributed by atoms with Crippen LogP contribution in [-0.4, -0.2) is 30.0 Å².